The molecule has 0 aliphatic carbocycles. The summed E-state index contributed by atoms with van der Waals surface area (Å²) < 4.78 is 1.01. The number of hydrogen-bond acceptors (Lipinski definition) is 3. The molecule has 3 aromatic rings. The molecular weight excluding hydrogens is 443 g/mol. The maximum Gasteiger partial charge on any atom is 0.195 e. The van der Waals surface area contributed by atoms with Gasteiger partial charge in [-0.2, -0.15) is 0 Å². The average Bonchev–Trinajstić information content (AvgIpc) is 3.09. The summed E-state index contributed by atoms with van der Waals surface area (Å²) in [6.45, 7) is 0. The summed E-state index contributed by atoms with van der Waals surface area (Å²) in [7, 11) is 0. The van der Waals surface area contributed by atoms with Gasteiger partial charge >= 0.3 is 0 Å². The largest absolute Gasteiger partial charge is 0.506 e. The summed E-state index contributed by atoms with van der Waals surface area (Å²) in [5, 5.41) is 9.79. The Morgan fingerprint density at radius 1 is 1.00 bits per heavy atom. The van der Waals surface area contributed by atoms with Crippen molar-refractivity contribution in [3.05, 3.63) is 79.6 Å². The third-order valence-corrected chi connectivity index (χ3v) is 6.05. The van der Waals surface area contributed by atoms with Gasteiger partial charge in [-0.3, -0.25) is 4.79 Å². The van der Waals surface area contributed by atoms with E-state index in [9.17, 15) is 9.90 Å². The highest BCUT2D eigenvalue weighted by Gasteiger charge is 2.10. The number of carbonyl (C=O) groups excluding carboxylic acids is 1. The standard InChI is InChI=1S/C19H11BrCl2O2S/c20-13-5-1-11(2-6-13)16-9-10-17(25-16)14(23)7-3-12-4-8-15(24)19(22)18(12)21/h1-10,24H/b7-3+. The van der Waals surface area contributed by atoms with Crippen molar-refractivity contribution in [3.63, 3.8) is 0 Å². The first-order valence-corrected chi connectivity index (χ1v) is 9.57. The third kappa shape index (κ3) is 4.15. The highest BCUT2D eigenvalue weighted by atomic mass is 79.9. The van der Waals surface area contributed by atoms with Crippen LogP contribution in [0.4, 0.5) is 0 Å². The summed E-state index contributed by atoms with van der Waals surface area (Å²) >= 11 is 16.8. The number of rotatable bonds is 4. The second-order valence-corrected chi connectivity index (χ2v) is 7.93. The Morgan fingerprint density at radius 2 is 1.72 bits per heavy atom. The minimum Gasteiger partial charge on any atom is -0.506 e. The molecule has 0 amide bonds. The van der Waals surface area contributed by atoms with Crippen LogP contribution in [0.2, 0.25) is 10.0 Å². The molecule has 0 bridgehead atoms. The van der Waals surface area contributed by atoms with Crippen LogP contribution in [-0.2, 0) is 0 Å². The predicted molar refractivity (Wildman–Crippen MR) is 109 cm³/mol. The Bertz CT molecular complexity index is 962. The number of ketones is 1. The van der Waals surface area contributed by atoms with Crippen LogP contribution in [0.25, 0.3) is 16.5 Å². The number of benzene rings is 2. The number of allylic oxidation sites excluding steroid dienone is 1. The van der Waals surface area contributed by atoms with Gasteiger partial charge in [-0.05, 0) is 59.7 Å². The highest BCUT2D eigenvalue weighted by Crippen LogP contribution is 2.34. The fraction of sp³-hybridized carbons (Fsp3) is 0. The van der Waals surface area contributed by atoms with Crippen LogP contribution in [0.3, 0.4) is 0 Å². The van der Waals surface area contributed by atoms with Crippen LogP contribution in [0, 0.1) is 0 Å². The molecule has 1 N–H and O–H groups in total. The maximum absolute atomic E-state index is 12.4. The monoisotopic (exact) mass is 452 g/mol. The van der Waals surface area contributed by atoms with E-state index in [2.05, 4.69) is 15.9 Å². The normalized spacial score (nSPS) is 11.2. The Balaban J connectivity index is 1.80. The topological polar surface area (TPSA) is 37.3 Å². The van der Waals surface area contributed by atoms with E-state index in [0.717, 1.165) is 14.9 Å². The van der Waals surface area contributed by atoms with Crippen molar-refractivity contribution in [2.45, 2.75) is 0 Å². The molecule has 1 aromatic heterocycles. The van der Waals surface area contributed by atoms with Gasteiger partial charge in [-0.15, -0.1) is 11.3 Å². The zero-order chi connectivity index (χ0) is 18.0. The first kappa shape index (κ1) is 18.2. The Labute approximate surface area is 167 Å². The van der Waals surface area contributed by atoms with E-state index >= 15 is 0 Å². The lowest BCUT2D eigenvalue weighted by Crippen LogP contribution is -1.89. The molecule has 0 atom stereocenters. The summed E-state index contributed by atoms with van der Waals surface area (Å²) in [6.07, 6.45) is 3.04. The number of aromatic hydroxyl groups is 1. The number of halogens is 3. The van der Waals surface area contributed by atoms with Gasteiger partial charge in [0.05, 0.1) is 9.90 Å². The fourth-order valence-corrected chi connectivity index (χ4v) is 3.76. The van der Waals surface area contributed by atoms with Crippen LogP contribution in [0.1, 0.15) is 15.2 Å². The zero-order valence-corrected chi connectivity index (χ0v) is 16.6. The zero-order valence-electron chi connectivity index (χ0n) is 12.7. The molecule has 2 nitrogen and oxygen atoms in total. The average molecular weight is 454 g/mol. The Hall–Kier alpha value is -1.59. The molecule has 0 saturated carbocycles. The predicted octanol–water partition coefficient (Wildman–Crippen LogP) is 7.09. The Kier molecular flexibility index (Phi) is 5.64. The fourth-order valence-electron chi connectivity index (χ4n) is 2.17. The van der Waals surface area contributed by atoms with Gasteiger partial charge < -0.3 is 5.11 Å². The first-order chi connectivity index (χ1) is 12.0. The SMILES string of the molecule is O=C(/C=C/c1ccc(O)c(Cl)c1Cl)c1ccc(-c2ccc(Br)cc2)s1. The maximum atomic E-state index is 12.4. The molecule has 0 radical (unpaired) electrons. The van der Waals surface area contributed by atoms with Crippen LogP contribution in [0.5, 0.6) is 5.75 Å². The molecule has 0 fully saturated rings. The quantitative estimate of drug-likeness (QED) is 0.338. The van der Waals surface area contributed by atoms with E-state index in [1.54, 1.807) is 18.2 Å². The van der Waals surface area contributed by atoms with Gasteiger partial charge in [0, 0.05) is 9.35 Å². The highest BCUT2D eigenvalue weighted by molar-refractivity contribution is 9.10. The lowest BCUT2D eigenvalue weighted by atomic mass is 10.1. The van der Waals surface area contributed by atoms with Gasteiger partial charge in [0.2, 0.25) is 0 Å². The van der Waals surface area contributed by atoms with Crippen molar-refractivity contribution in [1.29, 1.82) is 0 Å². The molecular formula is C19H11BrCl2O2S. The second kappa shape index (κ2) is 7.75. The number of carbonyl (C=O) groups is 1. The number of phenolic OH excluding ortho intramolecular Hbond substituents is 1. The Morgan fingerprint density at radius 3 is 2.44 bits per heavy atom. The van der Waals surface area contributed by atoms with Crippen LogP contribution < -0.4 is 0 Å². The minimum absolute atomic E-state index is 0.0740. The van der Waals surface area contributed by atoms with Gasteiger partial charge in [-0.1, -0.05) is 51.3 Å². The first-order valence-electron chi connectivity index (χ1n) is 7.21. The van der Waals surface area contributed by atoms with Crippen molar-refractivity contribution in [2.75, 3.05) is 0 Å². The molecule has 0 unspecified atom stereocenters. The molecule has 126 valence electrons. The summed E-state index contributed by atoms with van der Waals surface area (Å²) in [5.41, 5.74) is 1.63. The van der Waals surface area contributed by atoms with E-state index < -0.39 is 0 Å². The number of thiophene rings is 1. The van der Waals surface area contributed by atoms with E-state index in [1.165, 1.54) is 23.5 Å². The van der Waals surface area contributed by atoms with Gasteiger partial charge in [0.1, 0.15) is 10.8 Å². The van der Waals surface area contributed by atoms with Crippen molar-refractivity contribution in [2.24, 2.45) is 0 Å². The minimum atomic E-state index is -0.117. The molecule has 0 saturated heterocycles. The molecule has 2 aromatic carbocycles. The lowest BCUT2D eigenvalue weighted by molar-refractivity contribution is 0.105. The van der Waals surface area contributed by atoms with Crippen molar-refractivity contribution >= 4 is 62.3 Å². The van der Waals surface area contributed by atoms with Crippen molar-refractivity contribution in [3.8, 4) is 16.2 Å². The van der Waals surface area contributed by atoms with Gasteiger partial charge in [0.15, 0.2) is 5.78 Å². The van der Waals surface area contributed by atoms with Gasteiger partial charge in [0.25, 0.3) is 0 Å². The molecule has 25 heavy (non-hydrogen) atoms. The number of phenols is 1. The smallest absolute Gasteiger partial charge is 0.195 e. The molecule has 3 rings (SSSR count). The van der Waals surface area contributed by atoms with E-state index in [1.807, 2.05) is 30.3 Å². The molecule has 0 aliphatic rings. The van der Waals surface area contributed by atoms with E-state index in [0.29, 0.717) is 10.4 Å². The van der Waals surface area contributed by atoms with Crippen LogP contribution in [0.15, 0.2) is 59.1 Å². The van der Waals surface area contributed by atoms with Crippen molar-refractivity contribution in [1.82, 2.24) is 0 Å². The molecule has 0 aliphatic heterocycles. The van der Waals surface area contributed by atoms with Crippen LogP contribution in [-0.4, -0.2) is 10.9 Å². The molecule has 6 heteroatoms. The second-order valence-electron chi connectivity index (χ2n) is 5.17. The summed E-state index contributed by atoms with van der Waals surface area (Å²) in [5.74, 6) is -0.207. The van der Waals surface area contributed by atoms with E-state index in [-0.39, 0.29) is 21.6 Å². The summed E-state index contributed by atoms with van der Waals surface area (Å²) in [6, 6.07) is 14.7. The molecule has 0 spiro atoms. The molecule has 1 heterocycles. The van der Waals surface area contributed by atoms with Crippen LogP contribution >= 0.6 is 50.5 Å². The lowest BCUT2D eigenvalue weighted by Gasteiger charge is -2.02. The summed E-state index contributed by atoms with van der Waals surface area (Å²) in [4.78, 5) is 14.0. The van der Waals surface area contributed by atoms with E-state index in [4.69, 9.17) is 23.2 Å². The van der Waals surface area contributed by atoms with Crippen molar-refractivity contribution < 1.29 is 9.90 Å². The third-order valence-electron chi connectivity index (χ3n) is 3.48. The van der Waals surface area contributed by atoms with Gasteiger partial charge in [-0.25, -0.2) is 0 Å². The number of hydrogen-bond donors (Lipinski definition) is 1.